The van der Waals surface area contributed by atoms with E-state index in [4.69, 9.17) is 14.5 Å². The number of esters is 1. The number of aliphatic hydroxyl groups is 1. The van der Waals surface area contributed by atoms with Crippen molar-refractivity contribution >= 4 is 26.7 Å². The van der Waals surface area contributed by atoms with Gasteiger partial charge in [0.15, 0.2) is 0 Å². The van der Waals surface area contributed by atoms with Gasteiger partial charge in [0.2, 0.25) is 0 Å². The van der Waals surface area contributed by atoms with Crippen LogP contribution in [0.2, 0.25) is 0 Å². The number of nitrogens with zero attached hydrogens (tertiary/aromatic N) is 4. The third-order valence-electron chi connectivity index (χ3n) is 9.04. The van der Waals surface area contributed by atoms with E-state index in [2.05, 4.69) is 17.2 Å². The van der Waals surface area contributed by atoms with Gasteiger partial charge in [-0.15, -0.1) is 0 Å². The number of benzene rings is 1. The minimum atomic E-state index is -2.99. The van der Waals surface area contributed by atoms with Crippen molar-refractivity contribution in [2.45, 2.75) is 64.4 Å². The Hall–Kier alpha value is -3.06. The largest absolute Gasteiger partial charge is 0.493 e. The number of ether oxygens (including phenoxy) is 2. The first kappa shape index (κ1) is 36.8. The van der Waals surface area contributed by atoms with Gasteiger partial charge in [0.25, 0.3) is 0 Å². The molecule has 1 atom stereocenters. The highest BCUT2D eigenvalue weighted by Gasteiger charge is 2.25. The Morgan fingerprint density at radius 1 is 1.11 bits per heavy atom. The Balaban J connectivity index is 0.000000323. The summed E-state index contributed by atoms with van der Waals surface area (Å²) in [7, 11) is 0.744. The molecule has 2 aliphatic rings. The zero-order valence-electron chi connectivity index (χ0n) is 28.4. The van der Waals surface area contributed by atoms with Crippen molar-refractivity contribution < 1.29 is 27.8 Å². The van der Waals surface area contributed by atoms with Gasteiger partial charge in [-0.25, -0.2) is 18.4 Å². The summed E-state index contributed by atoms with van der Waals surface area (Å²) in [4.78, 5) is 22.5. The first-order chi connectivity index (χ1) is 22.5. The van der Waals surface area contributed by atoms with E-state index in [1.54, 1.807) is 0 Å². The van der Waals surface area contributed by atoms with Crippen LogP contribution < -0.4 is 10.1 Å². The van der Waals surface area contributed by atoms with Crippen molar-refractivity contribution in [3.63, 3.8) is 0 Å². The lowest BCUT2D eigenvalue weighted by atomic mass is 9.75. The van der Waals surface area contributed by atoms with Crippen LogP contribution in [-0.2, 0) is 25.8 Å². The van der Waals surface area contributed by atoms with Gasteiger partial charge >= 0.3 is 5.97 Å². The van der Waals surface area contributed by atoms with E-state index >= 15 is 0 Å². The SMILES string of the molecule is CN(C)CC(=O)OC1CCNCC1.C[C@@H](Cc1nccc(-n2ccc3c(OCCCS(C)(=O)=O)cccc32)n1)C1CCC(CO)CC1. The molecule has 5 rings (SSSR count). The number of carbonyl (C=O) groups is 1. The van der Waals surface area contributed by atoms with Gasteiger partial charge in [0.1, 0.15) is 33.3 Å². The molecule has 2 N–H and O–H groups in total. The number of hydrogen-bond acceptors (Lipinski definition) is 10. The van der Waals surface area contributed by atoms with Gasteiger partial charge in [-0.1, -0.05) is 13.0 Å². The second kappa shape index (κ2) is 17.9. The highest BCUT2D eigenvalue weighted by molar-refractivity contribution is 7.90. The van der Waals surface area contributed by atoms with Crippen LogP contribution in [0.15, 0.2) is 42.7 Å². The Kier molecular flexibility index (Phi) is 14.0. The average Bonchev–Trinajstić information content (AvgIpc) is 3.48. The molecule has 1 aliphatic carbocycles. The van der Waals surface area contributed by atoms with E-state index in [0.717, 1.165) is 73.5 Å². The second-order valence-electron chi connectivity index (χ2n) is 13.4. The molecule has 11 nitrogen and oxygen atoms in total. The number of hydrogen-bond donors (Lipinski definition) is 2. The average molecular weight is 672 g/mol. The molecule has 3 heterocycles. The molecule has 2 fully saturated rings. The van der Waals surface area contributed by atoms with Gasteiger partial charge in [0.05, 0.1) is 24.4 Å². The van der Waals surface area contributed by atoms with Gasteiger partial charge < -0.3 is 24.5 Å². The lowest BCUT2D eigenvalue weighted by molar-refractivity contribution is -0.150. The zero-order valence-corrected chi connectivity index (χ0v) is 29.3. The van der Waals surface area contributed by atoms with Crippen LogP contribution in [0.1, 0.15) is 57.7 Å². The normalized spacial score (nSPS) is 19.6. The summed E-state index contributed by atoms with van der Waals surface area (Å²) in [6.07, 6.45) is 12.9. The first-order valence-electron chi connectivity index (χ1n) is 16.9. The van der Waals surface area contributed by atoms with Crippen LogP contribution >= 0.6 is 0 Å². The fourth-order valence-electron chi connectivity index (χ4n) is 6.38. The topological polar surface area (TPSA) is 136 Å². The zero-order chi connectivity index (χ0) is 33.8. The number of aromatic nitrogens is 3. The molecule has 3 aromatic rings. The molecule has 2 aromatic heterocycles. The van der Waals surface area contributed by atoms with E-state index in [0.29, 0.717) is 43.9 Å². The number of rotatable bonds is 13. The second-order valence-corrected chi connectivity index (χ2v) is 15.6. The maximum Gasteiger partial charge on any atom is 0.320 e. The van der Waals surface area contributed by atoms with Crippen LogP contribution in [0.5, 0.6) is 5.75 Å². The Morgan fingerprint density at radius 2 is 1.85 bits per heavy atom. The van der Waals surface area contributed by atoms with Gasteiger partial charge in [0, 0.05) is 37.1 Å². The molecule has 12 heteroatoms. The summed E-state index contributed by atoms with van der Waals surface area (Å²) in [5.41, 5.74) is 0.987. The number of piperidine rings is 1. The summed E-state index contributed by atoms with van der Waals surface area (Å²) < 4.78 is 35.9. The quantitative estimate of drug-likeness (QED) is 0.202. The molecule has 1 aromatic carbocycles. The van der Waals surface area contributed by atoms with E-state index in [1.165, 1.54) is 19.1 Å². The molecule has 0 bridgehead atoms. The molecule has 0 spiro atoms. The molecule has 47 heavy (non-hydrogen) atoms. The van der Waals surface area contributed by atoms with Crippen molar-refractivity contribution in [1.29, 1.82) is 0 Å². The van der Waals surface area contributed by atoms with Crippen molar-refractivity contribution in [2.75, 3.05) is 59.0 Å². The minimum absolute atomic E-state index is 0.114. The highest BCUT2D eigenvalue weighted by Crippen LogP contribution is 2.34. The Morgan fingerprint density at radius 3 is 2.53 bits per heavy atom. The molecule has 0 unspecified atom stereocenters. The van der Waals surface area contributed by atoms with Gasteiger partial charge in [-0.05, 0) is 114 Å². The van der Waals surface area contributed by atoms with E-state index < -0.39 is 9.84 Å². The molecule has 0 amide bonds. The van der Waals surface area contributed by atoms with Crippen molar-refractivity contribution in [3.8, 4) is 11.6 Å². The summed E-state index contributed by atoms with van der Waals surface area (Å²) in [6.45, 7) is 5.25. The van der Waals surface area contributed by atoms with E-state index in [9.17, 15) is 18.3 Å². The molecular formula is C35H53N5O6S. The highest BCUT2D eigenvalue weighted by atomic mass is 32.2. The number of aliphatic hydroxyl groups excluding tert-OH is 1. The monoisotopic (exact) mass is 671 g/mol. The van der Waals surface area contributed by atoms with Gasteiger partial charge in [-0.3, -0.25) is 9.69 Å². The van der Waals surface area contributed by atoms with Crippen LogP contribution in [0, 0.1) is 17.8 Å². The summed E-state index contributed by atoms with van der Waals surface area (Å²) in [5, 5.41) is 13.6. The van der Waals surface area contributed by atoms with Crippen LogP contribution in [0.3, 0.4) is 0 Å². The predicted octanol–water partition coefficient (Wildman–Crippen LogP) is 4.05. The van der Waals surface area contributed by atoms with Gasteiger partial charge in [-0.2, -0.15) is 0 Å². The predicted molar refractivity (Wildman–Crippen MR) is 185 cm³/mol. The fraction of sp³-hybridized carbons (Fsp3) is 0.629. The molecular weight excluding hydrogens is 618 g/mol. The molecule has 0 radical (unpaired) electrons. The minimum Gasteiger partial charge on any atom is -0.493 e. The van der Waals surface area contributed by atoms with E-state index in [1.807, 2.05) is 66.3 Å². The van der Waals surface area contributed by atoms with Crippen molar-refractivity contribution in [3.05, 3.63) is 48.5 Å². The van der Waals surface area contributed by atoms with Crippen LogP contribution in [0.25, 0.3) is 16.7 Å². The number of nitrogens with one attached hydrogen (secondary N) is 1. The number of carbonyl (C=O) groups excluding carboxylic acids is 1. The number of fused-ring (bicyclic) bond motifs is 1. The molecule has 260 valence electrons. The molecule has 1 saturated carbocycles. The molecule has 1 saturated heterocycles. The van der Waals surface area contributed by atoms with Crippen LogP contribution in [-0.4, -0.2) is 104 Å². The Labute approximate surface area is 280 Å². The lowest BCUT2D eigenvalue weighted by Crippen LogP contribution is -2.35. The standard InChI is InChI=1S/C26H35N3O4S.C9H18N2O2/c1-19(21-9-7-20(18-30)8-10-21)17-25-27-13-11-26(28-25)29-14-12-22-23(29)5-3-6-24(22)33-15-4-16-34(2,31)32;1-11(2)7-9(12)13-8-3-5-10-6-4-8/h3,5-6,11-14,19-21,30H,4,7-10,15-18H2,1-2H3;8,10H,3-7H2,1-2H3/t19-,20?,21?;/m0./s1. The number of likely N-dealkylation sites (N-methyl/N-ethyl adjacent to an activating group) is 1. The van der Waals surface area contributed by atoms with Crippen LogP contribution in [0.4, 0.5) is 0 Å². The lowest BCUT2D eigenvalue weighted by Gasteiger charge is -2.31. The summed E-state index contributed by atoms with van der Waals surface area (Å²) >= 11 is 0. The first-order valence-corrected chi connectivity index (χ1v) is 19.0. The smallest absolute Gasteiger partial charge is 0.320 e. The summed E-state index contributed by atoms with van der Waals surface area (Å²) in [5.74, 6) is 4.05. The fourth-order valence-corrected chi connectivity index (χ4v) is 7.02. The summed E-state index contributed by atoms with van der Waals surface area (Å²) in [6, 6.07) is 9.80. The molecule has 1 aliphatic heterocycles. The number of sulfone groups is 1. The van der Waals surface area contributed by atoms with E-state index in [-0.39, 0.29) is 17.8 Å². The third-order valence-corrected chi connectivity index (χ3v) is 10.1. The maximum atomic E-state index is 11.3. The van der Waals surface area contributed by atoms with Crippen molar-refractivity contribution in [1.82, 2.24) is 24.8 Å². The Bertz CT molecular complexity index is 1510. The van der Waals surface area contributed by atoms with Crippen molar-refractivity contribution in [2.24, 2.45) is 17.8 Å². The third kappa shape index (κ3) is 11.8. The maximum absolute atomic E-state index is 11.3.